The number of nitrogens with one attached hydrogen (secondary N) is 1. The zero-order valence-corrected chi connectivity index (χ0v) is 17.4. The van der Waals surface area contributed by atoms with E-state index in [4.69, 9.17) is 5.14 Å². The summed E-state index contributed by atoms with van der Waals surface area (Å²) >= 11 is 0. The molecule has 0 aliphatic heterocycles. The molecule has 154 valence electrons. The Balaban J connectivity index is 1.63. The quantitative estimate of drug-likeness (QED) is 0.519. The van der Waals surface area contributed by atoms with E-state index in [9.17, 15) is 13.2 Å². The summed E-state index contributed by atoms with van der Waals surface area (Å²) in [5.74, 6) is 0.578. The molecule has 0 bridgehead atoms. The number of rotatable bonds is 4. The fourth-order valence-corrected chi connectivity index (χ4v) is 3.76. The molecule has 4 aromatic rings. The second kappa shape index (κ2) is 7.08. The van der Waals surface area contributed by atoms with Crippen molar-refractivity contribution in [2.24, 2.45) is 12.2 Å². The third-order valence-corrected chi connectivity index (χ3v) is 5.78. The first-order chi connectivity index (χ1) is 14.1. The van der Waals surface area contributed by atoms with Gasteiger partial charge in [0.1, 0.15) is 11.5 Å². The van der Waals surface area contributed by atoms with Crippen LogP contribution in [0.1, 0.15) is 16.3 Å². The minimum absolute atomic E-state index is 0.0163. The normalized spacial score (nSPS) is 11.7. The third-order valence-electron chi connectivity index (χ3n) is 4.85. The van der Waals surface area contributed by atoms with Gasteiger partial charge in [-0.05, 0) is 43.3 Å². The SMILES string of the molecule is Cc1nc2ccc(N(C)C(=O)c3cc(-c4ccc(S(N)(=O)=O)cc4)nn3C)cc2[nH]1. The number of nitrogens with two attached hydrogens (primary N) is 1. The van der Waals surface area contributed by atoms with Crippen LogP contribution in [0.2, 0.25) is 0 Å². The Labute approximate surface area is 173 Å². The standard InChI is InChI=1S/C20H20N6O3S/c1-12-22-16-9-6-14(10-18(16)23-12)25(2)20(27)19-11-17(24-26(19)3)13-4-7-15(8-5-13)30(21,28)29/h4-11H,1-3H3,(H,22,23)(H2,21,28,29). The number of aryl methyl sites for hydroxylation is 2. The highest BCUT2D eigenvalue weighted by atomic mass is 32.2. The maximum absolute atomic E-state index is 13.1. The second-order valence-electron chi connectivity index (χ2n) is 7.00. The molecular formula is C20H20N6O3S. The van der Waals surface area contributed by atoms with Gasteiger partial charge < -0.3 is 9.88 Å². The maximum Gasteiger partial charge on any atom is 0.276 e. The van der Waals surface area contributed by atoms with Gasteiger partial charge in [0.05, 0.1) is 21.6 Å². The van der Waals surface area contributed by atoms with Gasteiger partial charge in [0.2, 0.25) is 10.0 Å². The zero-order chi connectivity index (χ0) is 21.6. The summed E-state index contributed by atoms with van der Waals surface area (Å²) in [6, 6.07) is 13.3. The van der Waals surface area contributed by atoms with Crippen LogP contribution < -0.4 is 10.0 Å². The molecule has 9 nitrogen and oxygen atoms in total. The number of imidazole rings is 1. The number of amides is 1. The monoisotopic (exact) mass is 424 g/mol. The number of H-pyrrole nitrogens is 1. The van der Waals surface area contributed by atoms with E-state index >= 15 is 0 Å². The minimum Gasteiger partial charge on any atom is -0.342 e. The van der Waals surface area contributed by atoms with Gasteiger partial charge in [-0.3, -0.25) is 9.48 Å². The van der Waals surface area contributed by atoms with Crippen molar-refractivity contribution < 1.29 is 13.2 Å². The van der Waals surface area contributed by atoms with E-state index < -0.39 is 10.0 Å². The minimum atomic E-state index is -3.77. The van der Waals surface area contributed by atoms with Gasteiger partial charge in [0, 0.05) is 25.3 Å². The fourth-order valence-electron chi connectivity index (χ4n) is 3.25. The summed E-state index contributed by atoms with van der Waals surface area (Å²) in [5.41, 5.74) is 4.03. The van der Waals surface area contributed by atoms with Crippen molar-refractivity contribution in [2.45, 2.75) is 11.8 Å². The predicted octanol–water partition coefficient (Wildman–Crippen LogP) is 2.20. The maximum atomic E-state index is 13.1. The molecule has 0 saturated carbocycles. The van der Waals surface area contributed by atoms with Crippen LogP contribution in [-0.2, 0) is 17.1 Å². The van der Waals surface area contributed by atoms with E-state index in [0.717, 1.165) is 22.5 Å². The average Bonchev–Trinajstić information content (AvgIpc) is 3.27. The first kappa shape index (κ1) is 19.8. The number of carbonyl (C=O) groups is 1. The van der Waals surface area contributed by atoms with Crippen molar-refractivity contribution in [2.75, 3.05) is 11.9 Å². The van der Waals surface area contributed by atoms with Crippen LogP contribution in [0.25, 0.3) is 22.3 Å². The molecule has 10 heteroatoms. The molecule has 0 fully saturated rings. The van der Waals surface area contributed by atoms with Crippen molar-refractivity contribution in [1.29, 1.82) is 0 Å². The second-order valence-corrected chi connectivity index (χ2v) is 8.56. The molecule has 0 aliphatic carbocycles. The van der Waals surface area contributed by atoms with E-state index in [1.54, 1.807) is 37.2 Å². The number of primary sulfonamides is 1. The highest BCUT2D eigenvalue weighted by Gasteiger charge is 2.20. The number of nitrogens with zero attached hydrogens (tertiary/aromatic N) is 4. The van der Waals surface area contributed by atoms with Crippen molar-refractivity contribution in [3.8, 4) is 11.3 Å². The molecule has 2 aromatic heterocycles. The highest BCUT2D eigenvalue weighted by Crippen LogP contribution is 2.24. The molecule has 0 unspecified atom stereocenters. The van der Waals surface area contributed by atoms with Crippen LogP contribution in [0.4, 0.5) is 5.69 Å². The van der Waals surface area contributed by atoms with Gasteiger partial charge in [-0.2, -0.15) is 5.10 Å². The number of fused-ring (bicyclic) bond motifs is 1. The molecule has 1 amide bonds. The Morgan fingerprint density at radius 3 is 2.50 bits per heavy atom. The topological polar surface area (TPSA) is 127 Å². The van der Waals surface area contributed by atoms with Crippen molar-refractivity contribution >= 4 is 32.7 Å². The molecule has 4 rings (SSSR count). The number of hydrogen-bond acceptors (Lipinski definition) is 5. The predicted molar refractivity (Wildman–Crippen MR) is 114 cm³/mol. The molecule has 0 radical (unpaired) electrons. The summed E-state index contributed by atoms with van der Waals surface area (Å²) in [6.07, 6.45) is 0. The lowest BCUT2D eigenvalue weighted by molar-refractivity contribution is 0.0984. The van der Waals surface area contributed by atoms with Crippen LogP contribution in [0.15, 0.2) is 53.4 Å². The summed E-state index contributed by atoms with van der Waals surface area (Å²) < 4.78 is 24.3. The lowest BCUT2D eigenvalue weighted by Crippen LogP contribution is -2.28. The van der Waals surface area contributed by atoms with Gasteiger partial charge in [-0.1, -0.05) is 12.1 Å². The Morgan fingerprint density at radius 2 is 1.83 bits per heavy atom. The third kappa shape index (κ3) is 3.58. The van der Waals surface area contributed by atoms with Crippen molar-refractivity contribution in [3.63, 3.8) is 0 Å². The van der Waals surface area contributed by atoms with E-state index in [1.165, 1.54) is 16.8 Å². The molecule has 2 heterocycles. The van der Waals surface area contributed by atoms with Gasteiger partial charge in [-0.15, -0.1) is 0 Å². The summed E-state index contributed by atoms with van der Waals surface area (Å²) in [7, 11) is -0.388. The largest absolute Gasteiger partial charge is 0.342 e. The summed E-state index contributed by atoms with van der Waals surface area (Å²) in [4.78, 5) is 22.2. The van der Waals surface area contributed by atoms with Gasteiger partial charge in [0.25, 0.3) is 5.91 Å². The van der Waals surface area contributed by atoms with Crippen molar-refractivity contribution in [3.05, 3.63) is 60.0 Å². The number of hydrogen-bond donors (Lipinski definition) is 2. The molecule has 30 heavy (non-hydrogen) atoms. The van der Waals surface area contributed by atoms with Crippen LogP contribution in [0.5, 0.6) is 0 Å². The molecule has 0 spiro atoms. The lowest BCUT2D eigenvalue weighted by atomic mass is 10.1. The Hall–Kier alpha value is -3.50. The van der Waals surface area contributed by atoms with E-state index in [0.29, 0.717) is 17.0 Å². The molecule has 2 aromatic carbocycles. The summed E-state index contributed by atoms with van der Waals surface area (Å²) in [6.45, 7) is 1.88. The Bertz CT molecular complexity index is 1370. The van der Waals surface area contributed by atoms with E-state index in [1.807, 2.05) is 25.1 Å². The van der Waals surface area contributed by atoms with Crippen LogP contribution in [-0.4, -0.2) is 41.1 Å². The molecular weight excluding hydrogens is 404 g/mol. The number of benzene rings is 2. The summed E-state index contributed by atoms with van der Waals surface area (Å²) in [5, 5.41) is 9.53. The molecule has 3 N–H and O–H groups in total. The average molecular weight is 424 g/mol. The first-order valence-electron chi connectivity index (χ1n) is 9.05. The Kier molecular flexibility index (Phi) is 4.67. The number of sulfonamides is 1. The van der Waals surface area contributed by atoms with Gasteiger partial charge in [-0.25, -0.2) is 18.5 Å². The zero-order valence-electron chi connectivity index (χ0n) is 16.6. The fraction of sp³-hybridized carbons (Fsp3) is 0.150. The number of anilines is 1. The molecule has 0 atom stereocenters. The first-order valence-corrected chi connectivity index (χ1v) is 10.6. The molecule has 0 saturated heterocycles. The van der Waals surface area contributed by atoms with Crippen LogP contribution >= 0.6 is 0 Å². The van der Waals surface area contributed by atoms with Crippen LogP contribution in [0, 0.1) is 6.92 Å². The lowest BCUT2D eigenvalue weighted by Gasteiger charge is -2.17. The van der Waals surface area contributed by atoms with Gasteiger partial charge in [0.15, 0.2) is 0 Å². The van der Waals surface area contributed by atoms with Crippen molar-refractivity contribution in [1.82, 2.24) is 19.7 Å². The van der Waals surface area contributed by atoms with E-state index in [-0.39, 0.29) is 10.8 Å². The molecule has 0 aliphatic rings. The van der Waals surface area contributed by atoms with Gasteiger partial charge >= 0.3 is 0 Å². The smallest absolute Gasteiger partial charge is 0.276 e. The van der Waals surface area contributed by atoms with E-state index in [2.05, 4.69) is 15.1 Å². The number of carbonyl (C=O) groups excluding carboxylic acids is 1. The van der Waals surface area contributed by atoms with Crippen LogP contribution in [0.3, 0.4) is 0 Å². The number of aromatic nitrogens is 4. The highest BCUT2D eigenvalue weighted by molar-refractivity contribution is 7.89. The number of aromatic amines is 1. The Morgan fingerprint density at radius 1 is 1.13 bits per heavy atom.